The molecule has 0 bridgehead atoms. The fourth-order valence-electron chi connectivity index (χ4n) is 2.42. The molecule has 0 spiro atoms. The highest BCUT2D eigenvalue weighted by molar-refractivity contribution is 7.99. The average molecular weight is 367 g/mol. The van der Waals surface area contributed by atoms with Crippen LogP contribution in [0, 0.1) is 0 Å². The van der Waals surface area contributed by atoms with Crippen LogP contribution in [-0.4, -0.2) is 23.6 Å². The Labute approximate surface area is 146 Å². The summed E-state index contributed by atoms with van der Waals surface area (Å²) in [7, 11) is -1.85. The van der Waals surface area contributed by atoms with Gasteiger partial charge in [-0.1, -0.05) is 35.5 Å². The molecule has 0 N–H and O–H groups in total. The maximum atomic E-state index is 12.9. The predicted molar refractivity (Wildman–Crippen MR) is 97.5 cm³/mol. The van der Waals surface area contributed by atoms with E-state index in [2.05, 4.69) is 24.6 Å². The minimum Gasteiger partial charge on any atom is -0.531 e. The molecule has 2 aromatic rings. The summed E-state index contributed by atoms with van der Waals surface area (Å²) in [5.74, 6) is 1.39. The van der Waals surface area contributed by atoms with Gasteiger partial charge in [-0.2, -0.15) is 4.98 Å². The minimum absolute atomic E-state index is 0.0169. The molecule has 23 heavy (non-hydrogen) atoms. The molecule has 0 amide bonds. The minimum atomic E-state index is -1.85. The van der Waals surface area contributed by atoms with Crippen molar-refractivity contribution in [2.24, 2.45) is 0 Å². The van der Waals surface area contributed by atoms with Crippen LogP contribution in [0.3, 0.4) is 0 Å². The van der Waals surface area contributed by atoms with E-state index in [1.807, 2.05) is 24.3 Å². The average Bonchev–Trinajstić information content (AvgIpc) is 2.92. The summed E-state index contributed by atoms with van der Waals surface area (Å²) < 4.78 is 7.87. The van der Waals surface area contributed by atoms with Gasteiger partial charge in [-0.25, -0.2) is 0 Å². The van der Waals surface area contributed by atoms with Crippen molar-refractivity contribution in [2.75, 3.05) is 5.75 Å². The molecular weight excluding hydrogens is 348 g/mol. The van der Waals surface area contributed by atoms with Gasteiger partial charge >= 0.3 is 0 Å². The summed E-state index contributed by atoms with van der Waals surface area (Å²) in [6.45, 7) is 7.00. The van der Waals surface area contributed by atoms with Crippen molar-refractivity contribution in [3.63, 3.8) is 0 Å². The highest BCUT2D eigenvalue weighted by atomic mass is 35.5. The molecule has 0 unspecified atom stereocenters. The van der Waals surface area contributed by atoms with E-state index in [1.54, 1.807) is 16.3 Å². The lowest BCUT2D eigenvalue weighted by atomic mass is 10.1. The summed E-state index contributed by atoms with van der Waals surface area (Å²) in [5.41, 5.74) is 1.68. The molecule has 7 heteroatoms. The Hall–Kier alpha value is -1.24. The Kier molecular flexibility index (Phi) is 4.58. The summed E-state index contributed by atoms with van der Waals surface area (Å²) >= 11 is 7.55. The first-order valence-corrected chi connectivity index (χ1v) is 12.3. The smallest absolute Gasteiger partial charge is 0.261 e. The second kappa shape index (κ2) is 6.34. The van der Waals surface area contributed by atoms with E-state index in [-0.39, 0.29) is 5.56 Å². The van der Waals surface area contributed by atoms with E-state index < -0.39 is 8.32 Å². The Balaban J connectivity index is 2.05. The molecule has 3 rings (SSSR count). The lowest BCUT2D eigenvalue weighted by Gasteiger charge is -2.21. The van der Waals surface area contributed by atoms with E-state index >= 15 is 0 Å². The van der Waals surface area contributed by atoms with E-state index in [9.17, 15) is 4.79 Å². The van der Waals surface area contributed by atoms with E-state index in [1.165, 1.54) is 0 Å². The predicted octanol–water partition coefficient (Wildman–Crippen LogP) is 3.81. The van der Waals surface area contributed by atoms with Gasteiger partial charge in [0.15, 0.2) is 5.16 Å². The van der Waals surface area contributed by atoms with Crippen LogP contribution in [0.2, 0.25) is 24.7 Å². The molecule has 1 aromatic heterocycles. The SMILES string of the molecule is C[Si](C)(C)Oc1nc2n(c(=O)c1Cc1ccc(Cl)cc1)CCS2. The lowest BCUT2D eigenvalue weighted by Crippen LogP contribution is -2.33. The first-order valence-electron chi connectivity index (χ1n) is 7.53. The topological polar surface area (TPSA) is 44.1 Å². The van der Waals surface area contributed by atoms with Crippen LogP contribution in [0.5, 0.6) is 5.88 Å². The van der Waals surface area contributed by atoms with Gasteiger partial charge in [0.1, 0.15) is 0 Å². The summed E-state index contributed by atoms with van der Waals surface area (Å²) in [6, 6.07) is 7.55. The van der Waals surface area contributed by atoms with Crippen molar-refractivity contribution in [1.29, 1.82) is 0 Å². The van der Waals surface area contributed by atoms with Gasteiger partial charge in [0, 0.05) is 23.7 Å². The fourth-order valence-corrected chi connectivity index (χ4v) is 4.23. The molecule has 0 radical (unpaired) electrons. The number of hydrogen-bond donors (Lipinski definition) is 0. The van der Waals surface area contributed by atoms with Gasteiger partial charge in [-0.15, -0.1) is 0 Å². The van der Waals surface area contributed by atoms with E-state index in [4.69, 9.17) is 16.0 Å². The Morgan fingerprint density at radius 3 is 2.65 bits per heavy atom. The monoisotopic (exact) mass is 366 g/mol. The van der Waals surface area contributed by atoms with Gasteiger partial charge in [0.25, 0.3) is 5.56 Å². The molecule has 1 aromatic carbocycles. The molecule has 0 fully saturated rings. The van der Waals surface area contributed by atoms with Gasteiger partial charge in [-0.3, -0.25) is 9.36 Å². The highest BCUT2D eigenvalue weighted by Gasteiger charge is 2.25. The van der Waals surface area contributed by atoms with Crippen molar-refractivity contribution in [3.8, 4) is 5.88 Å². The van der Waals surface area contributed by atoms with Crippen LogP contribution in [0.25, 0.3) is 0 Å². The molecule has 0 saturated heterocycles. The van der Waals surface area contributed by atoms with Crippen LogP contribution in [-0.2, 0) is 13.0 Å². The van der Waals surface area contributed by atoms with Crippen molar-refractivity contribution in [2.45, 2.75) is 37.8 Å². The first kappa shape index (κ1) is 16.6. The summed E-state index contributed by atoms with van der Waals surface area (Å²) in [6.07, 6.45) is 0.508. The summed E-state index contributed by atoms with van der Waals surface area (Å²) in [5, 5.41) is 1.45. The normalized spacial score (nSPS) is 13.9. The van der Waals surface area contributed by atoms with Crippen LogP contribution >= 0.6 is 23.4 Å². The third kappa shape index (κ3) is 3.81. The highest BCUT2D eigenvalue weighted by Crippen LogP contribution is 2.27. The molecule has 0 atom stereocenters. The molecule has 1 aliphatic rings. The van der Waals surface area contributed by atoms with E-state index in [0.29, 0.717) is 29.4 Å². The molecule has 2 heterocycles. The third-order valence-corrected chi connectivity index (χ3v) is 5.45. The zero-order valence-corrected chi connectivity index (χ0v) is 16.0. The number of nitrogens with zero attached hydrogens (tertiary/aromatic N) is 2. The van der Waals surface area contributed by atoms with Crippen LogP contribution in [0.15, 0.2) is 34.2 Å². The quantitative estimate of drug-likeness (QED) is 0.609. The Morgan fingerprint density at radius 1 is 1.30 bits per heavy atom. The van der Waals surface area contributed by atoms with Crippen molar-refractivity contribution in [3.05, 3.63) is 50.8 Å². The van der Waals surface area contributed by atoms with Crippen molar-refractivity contribution < 1.29 is 4.43 Å². The standard InChI is InChI=1S/C16H19ClN2O2SSi/c1-23(2,3)21-14-13(10-11-4-6-12(17)7-5-11)15(20)19-8-9-22-16(19)18-14/h4-7H,8-10H2,1-3H3. The number of halogens is 1. The molecule has 122 valence electrons. The second-order valence-electron chi connectivity index (χ2n) is 6.50. The molecule has 4 nitrogen and oxygen atoms in total. The second-order valence-corrected chi connectivity index (χ2v) is 12.4. The van der Waals surface area contributed by atoms with Crippen LogP contribution < -0.4 is 9.99 Å². The number of benzene rings is 1. The fraction of sp³-hybridized carbons (Fsp3) is 0.375. The molecular formula is C16H19ClN2O2SSi. The van der Waals surface area contributed by atoms with Gasteiger partial charge in [-0.05, 0) is 37.3 Å². The zero-order chi connectivity index (χ0) is 16.6. The van der Waals surface area contributed by atoms with Gasteiger partial charge in [0.05, 0.1) is 5.56 Å². The molecule has 0 saturated carbocycles. The molecule has 1 aliphatic heterocycles. The number of thioether (sulfide) groups is 1. The maximum absolute atomic E-state index is 12.9. The van der Waals surface area contributed by atoms with Crippen molar-refractivity contribution in [1.82, 2.24) is 9.55 Å². The zero-order valence-electron chi connectivity index (χ0n) is 13.4. The van der Waals surface area contributed by atoms with Crippen molar-refractivity contribution >= 4 is 31.7 Å². The largest absolute Gasteiger partial charge is 0.531 e. The number of hydrogen-bond acceptors (Lipinski definition) is 4. The Morgan fingerprint density at radius 2 is 2.00 bits per heavy atom. The maximum Gasteiger partial charge on any atom is 0.261 e. The molecule has 0 aliphatic carbocycles. The van der Waals surface area contributed by atoms with Crippen LogP contribution in [0.1, 0.15) is 11.1 Å². The first-order chi connectivity index (χ1) is 10.8. The van der Waals surface area contributed by atoms with Crippen LogP contribution in [0.4, 0.5) is 0 Å². The van der Waals surface area contributed by atoms with Gasteiger partial charge in [0.2, 0.25) is 14.2 Å². The number of aromatic nitrogens is 2. The number of fused-ring (bicyclic) bond motifs is 1. The Bertz CT molecular complexity index is 784. The number of rotatable bonds is 4. The lowest BCUT2D eigenvalue weighted by molar-refractivity contribution is 0.497. The van der Waals surface area contributed by atoms with Gasteiger partial charge < -0.3 is 4.43 Å². The van der Waals surface area contributed by atoms with E-state index in [0.717, 1.165) is 16.5 Å². The third-order valence-electron chi connectivity index (χ3n) is 3.43. The summed E-state index contributed by atoms with van der Waals surface area (Å²) in [4.78, 5) is 17.5.